The number of imidazole rings is 1. The number of nitrogens with two attached hydrogens (primary N) is 1. The van der Waals surface area contributed by atoms with Gasteiger partial charge in [0.05, 0.1) is 12.3 Å². The van der Waals surface area contributed by atoms with Crippen LogP contribution in [-0.2, 0) is 23.1 Å². The van der Waals surface area contributed by atoms with E-state index < -0.39 is 5.41 Å². The highest BCUT2D eigenvalue weighted by Gasteiger charge is 2.49. The van der Waals surface area contributed by atoms with E-state index >= 15 is 0 Å². The van der Waals surface area contributed by atoms with Crippen molar-refractivity contribution in [1.29, 1.82) is 0 Å². The summed E-state index contributed by atoms with van der Waals surface area (Å²) in [6.45, 7) is 17.4. The SMILES string of the molecule is [C-]#[N+]C1=C[C@]2(C)c3nc(C)n(-c4cccc(CCC(=C)N)c4)c3CC[C@H]2[C@H](C)C1=O. The molecule has 3 atom stereocenters. The number of rotatable bonds is 4. The van der Waals surface area contributed by atoms with E-state index in [1.165, 1.54) is 11.3 Å². The first-order chi connectivity index (χ1) is 14.3. The molecule has 2 aromatic rings. The highest BCUT2D eigenvalue weighted by molar-refractivity contribution is 6.00. The van der Waals surface area contributed by atoms with Crippen LogP contribution in [0.5, 0.6) is 0 Å². The Morgan fingerprint density at radius 2 is 2.23 bits per heavy atom. The number of carbonyl (C=O) groups excluding carboxylic acids is 1. The molecule has 5 heteroatoms. The summed E-state index contributed by atoms with van der Waals surface area (Å²) in [6, 6.07) is 8.49. The first kappa shape index (κ1) is 20.2. The second-order valence-electron chi connectivity index (χ2n) is 8.84. The molecule has 0 fully saturated rings. The number of benzene rings is 1. The van der Waals surface area contributed by atoms with Crippen molar-refractivity contribution in [3.8, 4) is 5.69 Å². The third-order valence-electron chi connectivity index (χ3n) is 6.84. The molecule has 2 aliphatic rings. The number of carbonyl (C=O) groups is 1. The van der Waals surface area contributed by atoms with Crippen molar-refractivity contribution >= 4 is 5.78 Å². The van der Waals surface area contributed by atoms with Gasteiger partial charge in [-0.2, -0.15) is 0 Å². The van der Waals surface area contributed by atoms with E-state index in [0.717, 1.165) is 42.9 Å². The van der Waals surface area contributed by atoms with Gasteiger partial charge in [-0.15, -0.1) is 0 Å². The number of ketones is 1. The number of fused-ring (bicyclic) bond motifs is 3. The van der Waals surface area contributed by atoms with Crippen LogP contribution in [0.4, 0.5) is 0 Å². The van der Waals surface area contributed by atoms with Gasteiger partial charge >= 0.3 is 0 Å². The Morgan fingerprint density at radius 1 is 1.47 bits per heavy atom. The van der Waals surface area contributed by atoms with Gasteiger partial charge in [-0.1, -0.05) is 38.6 Å². The molecule has 4 rings (SSSR count). The van der Waals surface area contributed by atoms with Crippen molar-refractivity contribution in [1.82, 2.24) is 9.55 Å². The van der Waals surface area contributed by atoms with Gasteiger partial charge in [-0.3, -0.25) is 0 Å². The van der Waals surface area contributed by atoms with Crippen molar-refractivity contribution in [2.75, 3.05) is 0 Å². The minimum Gasteiger partial charge on any atom is -0.403 e. The van der Waals surface area contributed by atoms with Gasteiger partial charge < -0.3 is 15.1 Å². The lowest BCUT2D eigenvalue weighted by Gasteiger charge is -2.44. The van der Waals surface area contributed by atoms with Crippen molar-refractivity contribution in [2.24, 2.45) is 17.6 Å². The first-order valence-electron chi connectivity index (χ1n) is 10.5. The van der Waals surface area contributed by atoms with E-state index in [2.05, 4.69) is 47.2 Å². The average Bonchev–Trinajstić information content (AvgIpc) is 3.06. The Hall–Kier alpha value is -3.13. The van der Waals surface area contributed by atoms with E-state index in [1.807, 2.05) is 19.9 Å². The molecule has 0 spiro atoms. The quantitative estimate of drug-likeness (QED) is 0.772. The Labute approximate surface area is 178 Å². The lowest BCUT2D eigenvalue weighted by Crippen LogP contribution is -2.45. The maximum Gasteiger partial charge on any atom is 0.226 e. The fraction of sp³-hybridized carbons (Fsp3) is 0.400. The number of hydrogen-bond acceptors (Lipinski definition) is 3. The van der Waals surface area contributed by atoms with Crippen molar-refractivity contribution < 1.29 is 4.79 Å². The van der Waals surface area contributed by atoms with Gasteiger partial charge in [0.2, 0.25) is 5.70 Å². The second kappa shape index (κ2) is 7.28. The first-order valence-corrected chi connectivity index (χ1v) is 10.5. The molecule has 2 aliphatic carbocycles. The van der Waals surface area contributed by atoms with Gasteiger partial charge in [0.25, 0.3) is 0 Å². The predicted molar refractivity (Wildman–Crippen MR) is 118 cm³/mol. The molecule has 1 heterocycles. The smallest absolute Gasteiger partial charge is 0.226 e. The van der Waals surface area contributed by atoms with Gasteiger partial charge in [-0.05, 0) is 56.2 Å². The van der Waals surface area contributed by atoms with Crippen LogP contribution in [0.15, 0.2) is 48.3 Å². The van der Waals surface area contributed by atoms with Crippen LogP contribution in [0.25, 0.3) is 10.5 Å². The van der Waals surface area contributed by atoms with Gasteiger partial charge in [0.1, 0.15) is 5.82 Å². The molecule has 30 heavy (non-hydrogen) atoms. The highest BCUT2D eigenvalue weighted by atomic mass is 16.1. The second-order valence-corrected chi connectivity index (χ2v) is 8.84. The zero-order valence-corrected chi connectivity index (χ0v) is 17.9. The molecule has 1 aromatic heterocycles. The number of allylic oxidation sites excluding steroid dienone is 3. The van der Waals surface area contributed by atoms with Gasteiger partial charge in [-0.25, -0.2) is 9.83 Å². The van der Waals surface area contributed by atoms with Crippen LogP contribution in [0, 0.1) is 25.3 Å². The molecule has 1 aromatic carbocycles. The molecule has 0 saturated carbocycles. The summed E-state index contributed by atoms with van der Waals surface area (Å²) in [5.74, 6) is 0.925. The zero-order chi connectivity index (χ0) is 21.6. The molecule has 0 aliphatic heterocycles. The Balaban J connectivity index is 1.81. The molecule has 0 saturated heterocycles. The average molecular weight is 401 g/mol. The van der Waals surface area contributed by atoms with E-state index in [-0.39, 0.29) is 23.3 Å². The molecular weight excluding hydrogens is 372 g/mol. The largest absolute Gasteiger partial charge is 0.403 e. The van der Waals surface area contributed by atoms with Crippen LogP contribution < -0.4 is 5.73 Å². The van der Waals surface area contributed by atoms with Crippen molar-refractivity contribution in [2.45, 2.75) is 51.9 Å². The lowest BCUT2D eigenvalue weighted by molar-refractivity contribution is -0.121. The number of hydrogen-bond donors (Lipinski definition) is 1. The standard InChI is InChI=1S/C25H28N4O/c1-15(26)9-10-18-7-6-8-19(13-18)29-17(3)28-24-22(29)12-11-20-16(2)23(30)21(27-5)14-25(20,24)4/h6-8,13-14,16,20H,1,9-12,26H2,2-4H3/t16-,20-,25-/m0/s1. The molecule has 0 bridgehead atoms. The summed E-state index contributed by atoms with van der Waals surface area (Å²) in [6.07, 6.45) is 5.29. The molecule has 5 nitrogen and oxygen atoms in total. The van der Waals surface area contributed by atoms with E-state index in [9.17, 15) is 4.79 Å². The summed E-state index contributed by atoms with van der Waals surface area (Å²) < 4.78 is 2.24. The van der Waals surface area contributed by atoms with Crippen LogP contribution in [-0.4, -0.2) is 15.3 Å². The number of Topliss-reactive ketones (excluding diaryl/α,β-unsaturated/α-hetero) is 1. The Kier molecular flexibility index (Phi) is 4.89. The molecular formula is C25H28N4O. The molecule has 2 N–H and O–H groups in total. The maximum atomic E-state index is 12.6. The Bertz CT molecular complexity index is 1120. The zero-order valence-electron chi connectivity index (χ0n) is 17.9. The van der Waals surface area contributed by atoms with E-state index in [4.69, 9.17) is 17.3 Å². The van der Waals surface area contributed by atoms with Crippen molar-refractivity contribution in [3.05, 3.63) is 82.5 Å². The fourth-order valence-corrected chi connectivity index (χ4v) is 5.31. The summed E-state index contributed by atoms with van der Waals surface area (Å²) in [7, 11) is 0. The fourth-order valence-electron chi connectivity index (χ4n) is 5.31. The maximum absolute atomic E-state index is 12.6. The Morgan fingerprint density at radius 3 is 2.93 bits per heavy atom. The lowest BCUT2D eigenvalue weighted by atomic mass is 9.59. The minimum absolute atomic E-state index is 0.0266. The third-order valence-corrected chi connectivity index (χ3v) is 6.84. The van der Waals surface area contributed by atoms with Crippen LogP contribution >= 0.6 is 0 Å². The summed E-state index contributed by atoms with van der Waals surface area (Å²) in [4.78, 5) is 21.1. The molecule has 0 radical (unpaired) electrons. The van der Waals surface area contributed by atoms with Crippen LogP contribution in [0.1, 0.15) is 49.5 Å². The van der Waals surface area contributed by atoms with Crippen LogP contribution in [0.3, 0.4) is 0 Å². The number of aryl methyl sites for hydroxylation is 2. The van der Waals surface area contributed by atoms with E-state index in [1.54, 1.807) is 0 Å². The van der Waals surface area contributed by atoms with Crippen molar-refractivity contribution in [3.63, 3.8) is 0 Å². The number of aromatic nitrogens is 2. The van der Waals surface area contributed by atoms with Crippen LogP contribution in [0.2, 0.25) is 0 Å². The van der Waals surface area contributed by atoms with E-state index in [0.29, 0.717) is 5.70 Å². The molecule has 154 valence electrons. The summed E-state index contributed by atoms with van der Waals surface area (Å²) >= 11 is 0. The van der Waals surface area contributed by atoms with Gasteiger partial charge in [0, 0.05) is 28.4 Å². The third kappa shape index (κ3) is 3.08. The minimum atomic E-state index is -0.397. The molecule has 0 unspecified atom stereocenters. The topological polar surface area (TPSA) is 65.3 Å². The van der Waals surface area contributed by atoms with Gasteiger partial charge in [0.15, 0.2) is 5.78 Å². The highest BCUT2D eigenvalue weighted by Crippen LogP contribution is 2.50. The summed E-state index contributed by atoms with van der Waals surface area (Å²) in [5.41, 5.74) is 10.8. The summed E-state index contributed by atoms with van der Waals surface area (Å²) in [5, 5.41) is 0. The number of nitrogens with zero attached hydrogens (tertiary/aromatic N) is 3. The molecule has 0 amide bonds. The normalized spacial score (nSPS) is 25.1. The predicted octanol–water partition coefficient (Wildman–Crippen LogP) is 4.43. The monoisotopic (exact) mass is 400 g/mol.